The van der Waals surface area contributed by atoms with E-state index in [2.05, 4.69) is 5.32 Å². The van der Waals surface area contributed by atoms with E-state index < -0.39 is 35.9 Å². The summed E-state index contributed by atoms with van der Waals surface area (Å²) in [6.45, 7) is 0. The monoisotopic (exact) mass is 425 g/mol. The first-order valence-corrected chi connectivity index (χ1v) is 10.5. The van der Waals surface area contributed by atoms with E-state index in [1.54, 1.807) is 7.05 Å². The van der Waals surface area contributed by atoms with Crippen LogP contribution in [0.2, 0.25) is 0 Å². The summed E-state index contributed by atoms with van der Waals surface area (Å²) in [7, 11) is -7.97. The third-order valence-corrected chi connectivity index (χ3v) is 5.88. The summed E-state index contributed by atoms with van der Waals surface area (Å²) in [5.41, 5.74) is 5.80. The highest BCUT2D eigenvalue weighted by molar-refractivity contribution is 7.86. The first-order valence-electron chi connectivity index (χ1n) is 7.63. The average molecular weight is 425 g/mol. The molecule has 0 saturated carbocycles. The van der Waals surface area contributed by atoms with E-state index in [1.807, 2.05) is 0 Å². The largest absolute Gasteiger partial charge is 0.397 e. The van der Waals surface area contributed by atoms with E-state index >= 15 is 0 Å². The predicted octanol–water partition coefficient (Wildman–Crippen LogP) is 1.51. The molecule has 0 aliphatic carbocycles. The Hall–Kier alpha value is -2.93. The van der Waals surface area contributed by atoms with Crippen molar-refractivity contribution in [3.8, 4) is 0 Å². The van der Waals surface area contributed by atoms with Gasteiger partial charge in [-0.25, -0.2) is 0 Å². The fourth-order valence-electron chi connectivity index (χ4n) is 2.90. The highest BCUT2D eigenvalue weighted by Gasteiger charge is 2.25. The van der Waals surface area contributed by atoms with Crippen LogP contribution in [0, 0.1) is 0 Å². The first kappa shape index (κ1) is 19.8. The van der Waals surface area contributed by atoms with Crippen LogP contribution in [0.3, 0.4) is 0 Å². The molecule has 1 heterocycles. The molecule has 148 valence electrons. The molecular formula is C16H15N3O7S2. The zero-order chi connectivity index (χ0) is 20.9. The standard InChI is InChI=1S/C16H15N3O7S2/c1-19-8-9(17)7-13(19)16(20)18-12-6-5-10-11(15(12)28(24,25)26)3-2-4-14(10)27(21,22)23/h2-8H,17H2,1H3,(H,18,20)(H,21,22,23)(H,24,25,26). The number of nitrogen functional groups attached to an aromatic ring is 1. The number of nitrogens with zero attached hydrogens (tertiary/aromatic N) is 1. The molecule has 3 aromatic rings. The van der Waals surface area contributed by atoms with Gasteiger partial charge in [-0.1, -0.05) is 18.2 Å². The molecule has 2 aromatic carbocycles. The summed E-state index contributed by atoms with van der Waals surface area (Å²) < 4.78 is 67.5. The van der Waals surface area contributed by atoms with Crippen molar-refractivity contribution in [1.29, 1.82) is 0 Å². The predicted molar refractivity (Wildman–Crippen MR) is 101 cm³/mol. The number of amides is 1. The number of aromatic nitrogens is 1. The Kier molecular flexibility index (Phi) is 4.67. The molecule has 12 heteroatoms. The second kappa shape index (κ2) is 6.60. The van der Waals surface area contributed by atoms with Gasteiger partial charge >= 0.3 is 0 Å². The summed E-state index contributed by atoms with van der Waals surface area (Å²) in [5.74, 6) is -0.700. The Morgan fingerprint density at radius 3 is 2.25 bits per heavy atom. The van der Waals surface area contributed by atoms with E-state index in [-0.39, 0.29) is 22.2 Å². The third kappa shape index (κ3) is 3.57. The van der Waals surface area contributed by atoms with Crippen molar-refractivity contribution in [1.82, 2.24) is 4.57 Å². The maximum atomic E-state index is 12.5. The summed E-state index contributed by atoms with van der Waals surface area (Å²) in [6.07, 6.45) is 1.48. The SMILES string of the molecule is Cn1cc(N)cc1C(=O)Nc1ccc2c(S(=O)(=O)O)cccc2c1S(=O)(=O)O. The molecule has 1 amide bonds. The van der Waals surface area contributed by atoms with Gasteiger partial charge in [-0.15, -0.1) is 0 Å². The van der Waals surface area contributed by atoms with Gasteiger partial charge in [0.1, 0.15) is 15.5 Å². The number of carbonyl (C=O) groups is 1. The highest BCUT2D eigenvalue weighted by atomic mass is 32.2. The lowest BCUT2D eigenvalue weighted by molar-refractivity contribution is 0.101. The lowest BCUT2D eigenvalue weighted by atomic mass is 10.1. The van der Waals surface area contributed by atoms with Crippen molar-refractivity contribution in [2.45, 2.75) is 9.79 Å². The molecule has 0 saturated heterocycles. The molecule has 28 heavy (non-hydrogen) atoms. The Bertz CT molecular complexity index is 1330. The molecule has 0 bridgehead atoms. The van der Waals surface area contributed by atoms with Gasteiger partial charge in [0.25, 0.3) is 26.1 Å². The Morgan fingerprint density at radius 2 is 1.71 bits per heavy atom. The van der Waals surface area contributed by atoms with Crippen LogP contribution in [0.4, 0.5) is 11.4 Å². The Morgan fingerprint density at radius 1 is 1.04 bits per heavy atom. The number of anilines is 2. The van der Waals surface area contributed by atoms with Gasteiger partial charge in [0.05, 0.1) is 11.4 Å². The van der Waals surface area contributed by atoms with E-state index in [4.69, 9.17) is 5.73 Å². The average Bonchev–Trinajstić information content (AvgIpc) is 2.90. The molecule has 0 spiro atoms. The molecule has 0 atom stereocenters. The number of fused-ring (bicyclic) bond motifs is 1. The highest BCUT2D eigenvalue weighted by Crippen LogP contribution is 2.34. The van der Waals surface area contributed by atoms with Crippen LogP contribution in [0.15, 0.2) is 52.4 Å². The van der Waals surface area contributed by atoms with Gasteiger partial charge in [-0.2, -0.15) is 16.8 Å². The van der Waals surface area contributed by atoms with Crippen LogP contribution < -0.4 is 11.1 Å². The van der Waals surface area contributed by atoms with Crippen molar-refractivity contribution >= 4 is 48.3 Å². The Balaban J connectivity index is 2.24. The number of nitrogens with two attached hydrogens (primary N) is 1. The van der Waals surface area contributed by atoms with Gasteiger partial charge in [-0.3, -0.25) is 13.9 Å². The van der Waals surface area contributed by atoms with Crippen LogP contribution in [0.5, 0.6) is 0 Å². The molecule has 1 aromatic heterocycles. The summed E-state index contributed by atoms with van der Waals surface area (Å²) in [6, 6.07) is 7.22. The van der Waals surface area contributed by atoms with Gasteiger partial charge < -0.3 is 15.6 Å². The molecule has 0 fully saturated rings. The minimum absolute atomic E-state index is 0.130. The number of hydrogen-bond donors (Lipinski definition) is 4. The van der Waals surface area contributed by atoms with E-state index in [1.165, 1.54) is 35.0 Å². The number of nitrogens with one attached hydrogen (secondary N) is 1. The maximum Gasteiger partial charge on any atom is 0.297 e. The molecule has 5 N–H and O–H groups in total. The molecule has 0 radical (unpaired) electrons. The van der Waals surface area contributed by atoms with Crippen molar-refractivity contribution in [3.05, 3.63) is 48.3 Å². The second-order valence-electron chi connectivity index (χ2n) is 5.97. The van der Waals surface area contributed by atoms with Crippen LogP contribution in [-0.2, 0) is 27.3 Å². The number of aryl methyl sites for hydroxylation is 1. The summed E-state index contributed by atoms with van der Waals surface area (Å²) in [4.78, 5) is 11.2. The fourth-order valence-corrected chi connectivity index (χ4v) is 4.46. The second-order valence-corrected chi connectivity index (χ2v) is 8.72. The molecular weight excluding hydrogens is 410 g/mol. The lowest BCUT2D eigenvalue weighted by Crippen LogP contribution is -2.17. The molecule has 10 nitrogen and oxygen atoms in total. The summed E-state index contributed by atoms with van der Waals surface area (Å²) in [5, 5.41) is 2.04. The van der Waals surface area contributed by atoms with Gasteiger partial charge in [0.2, 0.25) is 0 Å². The maximum absolute atomic E-state index is 12.5. The van der Waals surface area contributed by atoms with E-state index in [9.17, 15) is 30.7 Å². The van der Waals surface area contributed by atoms with Gasteiger partial charge in [0.15, 0.2) is 0 Å². The topological polar surface area (TPSA) is 169 Å². The van der Waals surface area contributed by atoms with Crippen LogP contribution in [-0.4, -0.2) is 36.4 Å². The Labute approximate surface area is 160 Å². The summed E-state index contributed by atoms with van der Waals surface area (Å²) >= 11 is 0. The number of benzene rings is 2. The molecule has 0 aliphatic heterocycles. The van der Waals surface area contributed by atoms with E-state index in [0.717, 1.165) is 12.1 Å². The van der Waals surface area contributed by atoms with E-state index in [0.29, 0.717) is 5.69 Å². The number of carbonyl (C=O) groups excluding carboxylic acids is 1. The lowest BCUT2D eigenvalue weighted by Gasteiger charge is -2.13. The smallest absolute Gasteiger partial charge is 0.297 e. The normalized spacial score (nSPS) is 12.2. The number of rotatable bonds is 4. The van der Waals surface area contributed by atoms with Crippen LogP contribution >= 0.6 is 0 Å². The minimum atomic E-state index is -4.88. The zero-order valence-corrected chi connectivity index (χ0v) is 16.0. The van der Waals surface area contributed by atoms with Gasteiger partial charge in [0, 0.05) is 24.0 Å². The van der Waals surface area contributed by atoms with Crippen molar-refractivity contribution in [2.75, 3.05) is 11.1 Å². The number of hydrogen-bond acceptors (Lipinski definition) is 6. The quantitative estimate of drug-likeness (QED) is 0.456. The zero-order valence-electron chi connectivity index (χ0n) is 14.3. The molecule has 0 unspecified atom stereocenters. The first-order chi connectivity index (χ1) is 12.9. The third-order valence-electron chi connectivity index (χ3n) is 4.01. The van der Waals surface area contributed by atoms with Crippen molar-refractivity contribution < 1.29 is 30.7 Å². The van der Waals surface area contributed by atoms with Crippen molar-refractivity contribution in [2.24, 2.45) is 7.05 Å². The molecule has 3 rings (SSSR count). The van der Waals surface area contributed by atoms with Crippen molar-refractivity contribution in [3.63, 3.8) is 0 Å². The van der Waals surface area contributed by atoms with Gasteiger partial charge in [-0.05, 0) is 18.2 Å². The van der Waals surface area contributed by atoms with Crippen LogP contribution in [0.25, 0.3) is 10.8 Å². The van der Waals surface area contributed by atoms with Crippen LogP contribution in [0.1, 0.15) is 10.5 Å². The minimum Gasteiger partial charge on any atom is -0.397 e. The fraction of sp³-hybridized carbons (Fsp3) is 0.0625. The molecule has 0 aliphatic rings.